The van der Waals surface area contributed by atoms with Crippen molar-refractivity contribution in [1.82, 2.24) is 25.2 Å². The zero-order chi connectivity index (χ0) is 23.6. The Labute approximate surface area is 186 Å². The molecule has 0 aliphatic heterocycles. The fourth-order valence-corrected chi connectivity index (χ4v) is 3.05. The summed E-state index contributed by atoms with van der Waals surface area (Å²) in [6, 6.07) is 15.6. The fraction of sp³-hybridized carbons (Fsp3) is 0.182. The summed E-state index contributed by atoms with van der Waals surface area (Å²) in [7, 11) is 0. The Kier molecular flexibility index (Phi) is 5.97. The van der Waals surface area contributed by atoms with Crippen LogP contribution in [0.1, 0.15) is 18.2 Å². The number of amides is 1. The van der Waals surface area contributed by atoms with Gasteiger partial charge in [-0.25, -0.2) is 4.68 Å². The van der Waals surface area contributed by atoms with Crippen LogP contribution in [0.5, 0.6) is 0 Å². The summed E-state index contributed by atoms with van der Waals surface area (Å²) >= 11 is 0. The number of hydrogen-bond donors (Lipinski definition) is 2. The molecule has 0 radical (unpaired) electrons. The molecule has 0 bridgehead atoms. The SMILES string of the molecule is C[C@H](N)C(=O)NCc1cccc(-n2nc(C(F)(F)F)cc2-c2nc(-c3ccccc3)no2)c1. The second-order valence-corrected chi connectivity index (χ2v) is 7.29. The molecule has 1 atom stereocenters. The Morgan fingerprint density at radius 1 is 1.15 bits per heavy atom. The maximum Gasteiger partial charge on any atom is 0.435 e. The number of rotatable bonds is 6. The number of benzene rings is 2. The third-order valence-electron chi connectivity index (χ3n) is 4.71. The van der Waals surface area contributed by atoms with Crippen LogP contribution in [-0.2, 0) is 17.5 Å². The second kappa shape index (κ2) is 8.87. The van der Waals surface area contributed by atoms with Crippen LogP contribution in [-0.4, -0.2) is 31.9 Å². The average Bonchev–Trinajstić information content (AvgIpc) is 3.45. The van der Waals surface area contributed by atoms with Gasteiger partial charge in [0.15, 0.2) is 5.69 Å². The summed E-state index contributed by atoms with van der Waals surface area (Å²) in [5, 5.41) is 10.3. The van der Waals surface area contributed by atoms with Crippen LogP contribution in [0.4, 0.5) is 13.2 Å². The third-order valence-corrected chi connectivity index (χ3v) is 4.71. The Hall–Kier alpha value is -3.99. The van der Waals surface area contributed by atoms with E-state index in [0.717, 1.165) is 10.7 Å². The van der Waals surface area contributed by atoms with E-state index in [4.69, 9.17) is 10.3 Å². The molecule has 4 rings (SSSR count). The van der Waals surface area contributed by atoms with Crippen molar-refractivity contribution in [2.24, 2.45) is 5.73 Å². The van der Waals surface area contributed by atoms with Gasteiger partial charge < -0.3 is 15.6 Å². The zero-order valence-electron chi connectivity index (χ0n) is 17.4. The van der Waals surface area contributed by atoms with Crippen LogP contribution >= 0.6 is 0 Å². The molecule has 2 aromatic heterocycles. The lowest BCUT2D eigenvalue weighted by Crippen LogP contribution is -2.37. The first-order chi connectivity index (χ1) is 15.7. The van der Waals surface area contributed by atoms with Gasteiger partial charge in [0.25, 0.3) is 5.89 Å². The van der Waals surface area contributed by atoms with Crippen molar-refractivity contribution in [2.75, 3.05) is 0 Å². The van der Waals surface area contributed by atoms with E-state index < -0.39 is 17.9 Å². The molecule has 0 aliphatic carbocycles. The lowest BCUT2D eigenvalue weighted by molar-refractivity contribution is -0.141. The molecule has 0 spiro atoms. The summed E-state index contributed by atoms with van der Waals surface area (Å²) in [5.41, 5.74) is 6.04. The lowest BCUT2D eigenvalue weighted by atomic mass is 10.2. The molecule has 11 heteroatoms. The molecule has 2 aromatic carbocycles. The normalized spacial score (nSPS) is 12.5. The number of halogens is 3. The van der Waals surface area contributed by atoms with Crippen LogP contribution in [0, 0.1) is 0 Å². The van der Waals surface area contributed by atoms with Crippen LogP contribution in [0.25, 0.3) is 28.7 Å². The maximum atomic E-state index is 13.4. The van der Waals surface area contributed by atoms with Gasteiger partial charge in [-0.05, 0) is 24.6 Å². The smallest absolute Gasteiger partial charge is 0.351 e. The summed E-state index contributed by atoms with van der Waals surface area (Å²) in [6.45, 7) is 1.70. The molecular formula is C22H19F3N6O2. The Balaban J connectivity index is 1.72. The van der Waals surface area contributed by atoms with E-state index in [2.05, 4.69) is 20.6 Å². The van der Waals surface area contributed by atoms with Gasteiger partial charge in [-0.2, -0.15) is 23.3 Å². The number of aromatic nitrogens is 4. The van der Waals surface area contributed by atoms with Crippen molar-refractivity contribution in [3.05, 3.63) is 71.9 Å². The Morgan fingerprint density at radius 2 is 1.91 bits per heavy atom. The van der Waals surface area contributed by atoms with Crippen molar-refractivity contribution < 1.29 is 22.5 Å². The number of nitrogens with one attached hydrogen (secondary N) is 1. The average molecular weight is 456 g/mol. The van der Waals surface area contributed by atoms with Crippen molar-refractivity contribution in [3.63, 3.8) is 0 Å². The minimum atomic E-state index is -4.68. The van der Waals surface area contributed by atoms with Gasteiger partial charge in [0, 0.05) is 18.2 Å². The van der Waals surface area contributed by atoms with Gasteiger partial charge in [0.2, 0.25) is 11.7 Å². The number of nitrogens with two attached hydrogens (primary N) is 1. The molecule has 2 heterocycles. The number of carbonyl (C=O) groups is 1. The predicted molar refractivity (Wildman–Crippen MR) is 113 cm³/mol. The lowest BCUT2D eigenvalue weighted by Gasteiger charge is -2.10. The van der Waals surface area contributed by atoms with Crippen molar-refractivity contribution >= 4 is 5.91 Å². The highest BCUT2D eigenvalue weighted by atomic mass is 19.4. The van der Waals surface area contributed by atoms with Gasteiger partial charge in [0.1, 0.15) is 5.69 Å². The van der Waals surface area contributed by atoms with Gasteiger partial charge in [-0.15, -0.1) is 0 Å². The van der Waals surface area contributed by atoms with Gasteiger partial charge in [0.05, 0.1) is 11.7 Å². The van der Waals surface area contributed by atoms with Crippen molar-refractivity contribution in [2.45, 2.75) is 25.7 Å². The van der Waals surface area contributed by atoms with Gasteiger partial charge in [-0.1, -0.05) is 47.6 Å². The molecule has 3 N–H and O–H groups in total. The van der Waals surface area contributed by atoms with E-state index in [1.54, 1.807) is 55.5 Å². The number of alkyl halides is 3. The van der Waals surface area contributed by atoms with Crippen LogP contribution < -0.4 is 11.1 Å². The van der Waals surface area contributed by atoms with E-state index in [-0.39, 0.29) is 29.9 Å². The van der Waals surface area contributed by atoms with E-state index >= 15 is 0 Å². The molecule has 0 aliphatic rings. The molecule has 1 amide bonds. The topological polar surface area (TPSA) is 112 Å². The highest BCUT2D eigenvalue weighted by Gasteiger charge is 2.36. The first-order valence-electron chi connectivity index (χ1n) is 9.92. The molecule has 0 saturated carbocycles. The van der Waals surface area contributed by atoms with Crippen LogP contribution in [0.2, 0.25) is 0 Å². The predicted octanol–water partition coefficient (Wildman–Crippen LogP) is 3.57. The molecular weight excluding hydrogens is 437 g/mol. The molecule has 170 valence electrons. The summed E-state index contributed by atoms with van der Waals surface area (Å²) < 4.78 is 46.7. The third kappa shape index (κ3) is 4.93. The standard InChI is InChI=1S/C22H19F3N6O2/c1-13(26)20(32)27-12-14-6-5-9-16(10-14)31-17(11-18(29-31)22(23,24)25)21-28-19(30-33-21)15-7-3-2-4-8-15/h2-11,13H,12,26H2,1H3,(H,27,32)/t13-/m0/s1. The zero-order valence-corrected chi connectivity index (χ0v) is 17.4. The number of nitrogens with zero attached hydrogens (tertiary/aromatic N) is 4. The Morgan fingerprint density at radius 3 is 2.61 bits per heavy atom. The van der Waals surface area contributed by atoms with Crippen molar-refractivity contribution in [3.8, 4) is 28.7 Å². The summed E-state index contributed by atoms with van der Waals surface area (Å²) in [6.07, 6.45) is -4.68. The van der Waals surface area contributed by atoms with E-state index in [1.165, 1.54) is 0 Å². The monoisotopic (exact) mass is 456 g/mol. The first-order valence-corrected chi connectivity index (χ1v) is 9.92. The molecule has 8 nitrogen and oxygen atoms in total. The number of hydrogen-bond acceptors (Lipinski definition) is 6. The molecule has 33 heavy (non-hydrogen) atoms. The first kappa shape index (κ1) is 22.2. The van der Waals surface area contributed by atoms with Crippen molar-refractivity contribution in [1.29, 1.82) is 0 Å². The van der Waals surface area contributed by atoms with E-state index in [1.807, 2.05) is 6.07 Å². The summed E-state index contributed by atoms with van der Waals surface area (Å²) in [5.74, 6) is -0.231. The highest BCUT2D eigenvalue weighted by molar-refractivity contribution is 5.80. The summed E-state index contributed by atoms with van der Waals surface area (Å²) in [4.78, 5) is 16.0. The minimum absolute atomic E-state index is 0.0197. The van der Waals surface area contributed by atoms with Crippen LogP contribution in [0.3, 0.4) is 0 Å². The number of carbonyl (C=O) groups excluding carboxylic acids is 1. The van der Waals surface area contributed by atoms with E-state index in [9.17, 15) is 18.0 Å². The van der Waals surface area contributed by atoms with Gasteiger partial charge >= 0.3 is 6.18 Å². The molecule has 0 saturated heterocycles. The fourth-order valence-electron chi connectivity index (χ4n) is 3.05. The highest BCUT2D eigenvalue weighted by Crippen LogP contribution is 2.33. The second-order valence-electron chi connectivity index (χ2n) is 7.29. The maximum absolute atomic E-state index is 13.4. The van der Waals surface area contributed by atoms with Gasteiger partial charge in [-0.3, -0.25) is 4.79 Å². The van der Waals surface area contributed by atoms with Crippen LogP contribution in [0.15, 0.2) is 65.2 Å². The molecule has 0 unspecified atom stereocenters. The largest absolute Gasteiger partial charge is 0.435 e. The quantitative estimate of drug-likeness (QED) is 0.459. The minimum Gasteiger partial charge on any atom is -0.351 e. The molecule has 4 aromatic rings. The Bertz CT molecular complexity index is 1260. The molecule has 0 fully saturated rings. The van der Waals surface area contributed by atoms with E-state index in [0.29, 0.717) is 16.8 Å².